The zero-order valence-corrected chi connectivity index (χ0v) is 14.1. The van der Waals surface area contributed by atoms with Crippen molar-refractivity contribution in [1.82, 2.24) is 5.32 Å². The van der Waals surface area contributed by atoms with E-state index in [9.17, 15) is 0 Å². The maximum Gasteiger partial charge on any atom is 0.0408 e. The van der Waals surface area contributed by atoms with Gasteiger partial charge in [0.25, 0.3) is 0 Å². The number of hydrogen-bond donors (Lipinski definition) is 2. The van der Waals surface area contributed by atoms with E-state index in [1.54, 1.807) is 0 Å². The molecule has 118 valence electrons. The van der Waals surface area contributed by atoms with Crippen LogP contribution in [-0.2, 0) is 5.41 Å². The Labute approximate surface area is 139 Å². The molecular weight excluding hydrogens is 303 g/mol. The smallest absolute Gasteiger partial charge is 0.0408 e. The molecule has 0 spiro atoms. The van der Waals surface area contributed by atoms with Gasteiger partial charge in [0, 0.05) is 23.0 Å². The van der Waals surface area contributed by atoms with Gasteiger partial charge in [-0.25, -0.2) is 0 Å². The van der Waals surface area contributed by atoms with Crippen LogP contribution in [-0.4, -0.2) is 19.1 Å². The minimum absolute atomic E-state index is 0. The van der Waals surface area contributed by atoms with Gasteiger partial charge in [-0.15, -0.1) is 12.4 Å². The van der Waals surface area contributed by atoms with Crippen molar-refractivity contribution in [3.05, 3.63) is 34.9 Å². The van der Waals surface area contributed by atoms with Crippen molar-refractivity contribution < 1.29 is 0 Å². The normalized spacial score (nSPS) is 29.0. The first-order chi connectivity index (χ1) is 9.72. The maximum absolute atomic E-state index is 6.18. The molecule has 2 aliphatic carbocycles. The molecule has 3 rings (SSSR count). The van der Waals surface area contributed by atoms with Gasteiger partial charge in [0.1, 0.15) is 0 Å². The van der Waals surface area contributed by atoms with Crippen molar-refractivity contribution in [1.29, 1.82) is 0 Å². The van der Waals surface area contributed by atoms with Crippen LogP contribution in [0.2, 0.25) is 5.02 Å². The molecule has 1 aromatic rings. The molecule has 0 amide bonds. The Morgan fingerprint density at radius 1 is 1.29 bits per heavy atom. The van der Waals surface area contributed by atoms with Crippen LogP contribution in [0.25, 0.3) is 0 Å². The molecule has 2 fully saturated rings. The highest BCUT2D eigenvalue weighted by atomic mass is 35.5. The first-order valence-electron chi connectivity index (χ1n) is 7.91. The lowest BCUT2D eigenvalue weighted by atomic mass is 9.68. The Bertz CT molecular complexity index is 462. The van der Waals surface area contributed by atoms with Crippen LogP contribution in [0.4, 0.5) is 0 Å². The lowest BCUT2D eigenvalue weighted by Gasteiger charge is -2.41. The molecular formula is C17H26Cl2N2. The third-order valence-electron chi connectivity index (χ3n) is 5.06. The topological polar surface area (TPSA) is 38.0 Å². The van der Waals surface area contributed by atoms with Crippen LogP contribution in [0.5, 0.6) is 0 Å². The van der Waals surface area contributed by atoms with E-state index in [1.165, 1.54) is 44.2 Å². The van der Waals surface area contributed by atoms with Gasteiger partial charge in [0.2, 0.25) is 0 Å². The van der Waals surface area contributed by atoms with Crippen LogP contribution in [0.1, 0.15) is 44.1 Å². The summed E-state index contributed by atoms with van der Waals surface area (Å²) in [5.41, 5.74) is 7.62. The summed E-state index contributed by atoms with van der Waals surface area (Å²) in [7, 11) is 0. The van der Waals surface area contributed by atoms with Crippen LogP contribution >= 0.6 is 24.0 Å². The summed E-state index contributed by atoms with van der Waals surface area (Å²) in [5.74, 6) is 0.940. The zero-order valence-electron chi connectivity index (χ0n) is 12.5. The summed E-state index contributed by atoms with van der Waals surface area (Å²) in [4.78, 5) is 0. The Balaban J connectivity index is 0.00000161. The van der Waals surface area contributed by atoms with Crippen LogP contribution in [0.15, 0.2) is 24.3 Å². The van der Waals surface area contributed by atoms with Crippen molar-refractivity contribution in [2.24, 2.45) is 11.7 Å². The molecule has 0 heterocycles. The first kappa shape index (κ1) is 17.1. The minimum atomic E-state index is 0. The molecule has 0 aliphatic heterocycles. The second-order valence-electron chi connectivity index (χ2n) is 6.64. The van der Waals surface area contributed by atoms with Crippen LogP contribution < -0.4 is 11.1 Å². The summed E-state index contributed by atoms with van der Waals surface area (Å²) in [5, 5.41) is 4.59. The van der Waals surface area contributed by atoms with Crippen molar-refractivity contribution in [2.45, 2.75) is 50.0 Å². The number of rotatable bonds is 5. The van der Waals surface area contributed by atoms with Gasteiger partial charge < -0.3 is 11.1 Å². The minimum Gasteiger partial charge on any atom is -0.330 e. The highest BCUT2D eigenvalue weighted by Crippen LogP contribution is 2.40. The first-order valence-corrected chi connectivity index (χ1v) is 8.29. The van der Waals surface area contributed by atoms with Gasteiger partial charge in [-0.3, -0.25) is 0 Å². The molecule has 2 unspecified atom stereocenters. The monoisotopic (exact) mass is 328 g/mol. The average molecular weight is 329 g/mol. The Morgan fingerprint density at radius 2 is 2.10 bits per heavy atom. The number of halogens is 2. The highest BCUT2D eigenvalue weighted by molar-refractivity contribution is 6.30. The highest BCUT2D eigenvalue weighted by Gasteiger charge is 2.37. The standard InChI is InChI=1S/C17H25ClN2.ClH/c18-15-4-1-3-14(9-15)17(12-19)8-2-5-16(10-17)20-11-13-6-7-13;/h1,3-4,9,13,16,20H,2,5-8,10-12,19H2;1H. The second-order valence-corrected chi connectivity index (χ2v) is 7.08. The van der Waals surface area contributed by atoms with Crippen LogP contribution in [0, 0.1) is 5.92 Å². The van der Waals surface area contributed by atoms with Gasteiger partial charge in [-0.1, -0.05) is 30.2 Å². The van der Waals surface area contributed by atoms with E-state index < -0.39 is 0 Å². The Kier molecular flexibility index (Phi) is 5.96. The molecule has 2 saturated carbocycles. The predicted molar refractivity (Wildman–Crippen MR) is 92.4 cm³/mol. The molecule has 0 aromatic heterocycles. The molecule has 0 saturated heterocycles. The van der Waals surface area contributed by atoms with E-state index in [-0.39, 0.29) is 17.8 Å². The molecule has 2 nitrogen and oxygen atoms in total. The lowest BCUT2D eigenvalue weighted by Crippen LogP contribution is -2.46. The van der Waals surface area contributed by atoms with Gasteiger partial charge in [0.05, 0.1) is 0 Å². The molecule has 0 radical (unpaired) electrons. The van der Waals surface area contributed by atoms with Gasteiger partial charge in [-0.2, -0.15) is 0 Å². The third-order valence-corrected chi connectivity index (χ3v) is 5.30. The molecule has 21 heavy (non-hydrogen) atoms. The Hall–Kier alpha value is -0.280. The molecule has 4 heteroatoms. The molecule has 3 N–H and O–H groups in total. The molecule has 0 bridgehead atoms. The Morgan fingerprint density at radius 3 is 2.76 bits per heavy atom. The van der Waals surface area contributed by atoms with Gasteiger partial charge in [-0.05, 0) is 62.3 Å². The summed E-state index contributed by atoms with van der Waals surface area (Å²) in [6.07, 6.45) is 7.70. The SMILES string of the molecule is Cl.NCC1(c2cccc(Cl)c2)CCCC(NCC2CC2)C1. The van der Waals surface area contributed by atoms with E-state index in [2.05, 4.69) is 23.5 Å². The van der Waals surface area contributed by atoms with E-state index >= 15 is 0 Å². The third kappa shape index (κ3) is 4.13. The van der Waals surface area contributed by atoms with Crippen LogP contribution in [0.3, 0.4) is 0 Å². The fourth-order valence-corrected chi connectivity index (χ4v) is 3.77. The summed E-state index contributed by atoms with van der Waals surface area (Å²) < 4.78 is 0. The quantitative estimate of drug-likeness (QED) is 0.860. The fourth-order valence-electron chi connectivity index (χ4n) is 3.58. The predicted octanol–water partition coefficient (Wildman–Crippen LogP) is 3.90. The van der Waals surface area contributed by atoms with Gasteiger partial charge in [0.15, 0.2) is 0 Å². The maximum atomic E-state index is 6.18. The van der Waals surface area contributed by atoms with E-state index in [4.69, 9.17) is 17.3 Å². The molecule has 2 aliphatic rings. The largest absolute Gasteiger partial charge is 0.330 e. The summed E-state index contributed by atoms with van der Waals surface area (Å²) in [6.45, 7) is 1.91. The zero-order chi connectivity index (χ0) is 14.0. The van der Waals surface area contributed by atoms with Gasteiger partial charge >= 0.3 is 0 Å². The number of nitrogens with two attached hydrogens (primary N) is 1. The number of hydrogen-bond acceptors (Lipinski definition) is 2. The van der Waals surface area contributed by atoms with Crippen molar-refractivity contribution >= 4 is 24.0 Å². The van der Waals surface area contributed by atoms with E-state index in [0.29, 0.717) is 6.04 Å². The van der Waals surface area contributed by atoms with Crippen molar-refractivity contribution in [3.63, 3.8) is 0 Å². The second kappa shape index (κ2) is 7.32. The fraction of sp³-hybridized carbons (Fsp3) is 0.647. The molecule has 2 atom stereocenters. The summed E-state index contributed by atoms with van der Waals surface area (Å²) in [6, 6.07) is 8.92. The average Bonchev–Trinajstić information content (AvgIpc) is 3.29. The number of benzene rings is 1. The van der Waals surface area contributed by atoms with E-state index in [1.807, 2.05) is 6.07 Å². The van der Waals surface area contributed by atoms with Crippen molar-refractivity contribution in [3.8, 4) is 0 Å². The van der Waals surface area contributed by atoms with Crippen molar-refractivity contribution in [2.75, 3.05) is 13.1 Å². The molecule has 1 aromatic carbocycles. The summed E-state index contributed by atoms with van der Waals surface area (Å²) >= 11 is 6.17. The number of nitrogens with one attached hydrogen (secondary N) is 1. The lowest BCUT2D eigenvalue weighted by molar-refractivity contribution is 0.243. The van der Waals surface area contributed by atoms with E-state index in [0.717, 1.165) is 23.9 Å².